The smallest absolute Gasteiger partial charge is 0.291 e. The molecule has 4 rings (SSSR count). The fraction of sp³-hybridized carbons (Fsp3) is 0.150. The van der Waals surface area contributed by atoms with Gasteiger partial charge in [-0.05, 0) is 36.4 Å². The number of benzene rings is 2. The fourth-order valence-electron chi connectivity index (χ4n) is 2.86. The monoisotopic (exact) mass is 395 g/mol. The molecule has 0 N–H and O–H groups in total. The van der Waals surface area contributed by atoms with Crippen LogP contribution in [0.25, 0.3) is 22.4 Å². The molecule has 0 spiro atoms. The molecule has 2 aromatic carbocycles. The van der Waals surface area contributed by atoms with E-state index in [1.807, 2.05) is 36.4 Å². The lowest BCUT2D eigenvalue weighted by atomic mass is 10.2. The van der Waals surface area contributed by atoms with Crippen LogP contribution in [0.1, 0.15) is 5.56 Å². The Morgan fingerprint density at radius 2 is 1.79 bits per heavy atom. The number of thiazole rings is 1. The van der Waals surface area contributed by atoms with Crippen molar-refractivity contribution in [1.82, 2.24) is 14.6 Å². The third-order valence-electron chi connectivity index (χ3n) is 4.25. The number of hydrogen-bond donors (Lipinski definition) is 0. The Labute approximate surface area is 164 Å². The number of aromatic nitrogens is 3. The quantitative estimate of drug-likeness (QED) is 0.517. The number of ether oxygens (including phenoxy) is 3. The van der Waals surface area contributed by atoms with Crippen LogP contribution in [0.2, 0.25) is 0 Å². The maximum atomic E-state index is 12.8. The molecule has 8 heteroatoms. The standard InChI is InChI=1S/C20H17N3O4S/c1-25-14-9-7-12(8-10-14)18-21-20-23(22-18)19(24)16(28-20)11-13-5-4-6-15(26-2)17(13)27-3/h4-11H,1-3H3. The fourth-order valence-corrected chi connectivity index (χ4v) is 3.76. The summed E-state index contributed by atoms with van der Waals surface area (Å²) in [4.78, 5) is 17.8. The van der Waals surface area contributed by atoms with Crippen LogP contribution in [-0.2, 0) is 0 Å². The van der Waals surface area contributed by atoms with Crippen molar-refractivity contribution in [1.29, 1.82) is 0 Å². The summed E-state index contributed by atoms with van der Waals surface area (Å²) >= 11 is 1.27. The van der Waals surface area contributed by atoms with Crippen molar-refractivity contribution in [2.75, 3.05) is 21.3 Å². The molecule has 142 valence electrons. The summed E-state index contributed by atoms with van der Waals surface area (Å²) in [5, 5.41) is 4.36. The summed E-state index contributed by atoms with van der Waals surface area (Å²) in [5.41, 5.74) is 1.34. The van der Waals surface area contributed by atoms with Gasteiger partial charge in [-0.15, -0.1) is 5.10 Å². The Bertz CT molecular complexity index is 1250. The molecule has 0 aliphatic rings. The molecule has 0 amide bonds. The van der Waals surface area contributed by atoms with Crippen LogP contribution >= 0.6 is 11.3 Å². The Morgan fingerprint density at radius 1 is 1.00 bits per heavy atom. The number of fused-ring (bicyclic) bond motifs is 1. The van der Waals surface area contributed by atoms with Crippen LogP contribution in [0.15, 0.2) is 47.3 Å². The van der Waals surface area contributed by atoms with E-state index < -0.39 is 0 Å². The maximum Gasteiger partial charge on any atom is 0.291 e. The van der Waals surface area contributed by atoms with Gasteiger partial charge < -0.3 is 14.2 Å². The zero-order valence-electron chi connectivity index (χ0n) is 15.5. The zero-order chi connectivity index (χ0) is 19.7. The number of hydrogen-bond acceptors (Lipinski definition) is 7. The molecule has 0 radical (unpaired) electrons. The van der Waals surface area contributed by atoms with Crippen molar-refractivity contribution < 1.29 is 14.2 Å². The van der Waals surface area contributed by atoms with Crippen molar-refractivity contribution in [3.8, 4) is 28.6 Å². The van der Waals surface area contributed by atoms with Crippen molar-refractivity contribution in [3.63, 3.8) is 0 Å². The highest BCUT2D eigenvalue weighted by Crippen LogP contribution is 2.31. The molecule has 0 saturated carbocycles. The highest BCUT2D eigenvalue weighted by Gasteiger charge is 2.13. The first kappa shape index (κ1) is 18.0. The lowest BCUT2D eigenvalue weighted by Gasteiger charge is -2.09. The number of nitrogens with zero attached hydrogens (tertiary/aromatic N) is 3. The predicted molar refractivity (Wildman–Crippen MR) is 107 cm³/mol. The third-order valence-corrected chi connectivity index (χ3v) is 5.21. The number of rotatable bonds is 5. The topological polar surface area (TPSA) is 75.0 Å². The second-order valence-electron chi connectivity index (χ2n) is 5.86. The molecule has 0 aliphatic carbocycles. The molecule has 2 aromatic heterocycles. The van der Waals surface area contributed by atoms with Gasteiger partial charge in [0.1, 0.15) is 5.75 Å². The summed E-state index contributed by atoms with van der Waals surface area (Å²) in [6, 6.07) is 12.9. The van der Waals surface area contributed by atoms with Gasteiger partial charge in [0, 0.05) is 11.1 Å². The zero-order valence-corrected chi connectivity index (χ0v) is 16.3. The van der Waals surface area contributed by atoms with Gasteiger partial charge in [0.05, 0.1) is 25.9 Å². The highest BCUT2D eigenvalue weighted by molar-refractivity contribution is 7.15. The molecule has 0 aliphatic heterocycles. The normalized spacial score (nSPS) is 11.8. The summed E-state index contributed by atoms with van der Waals surface area (Å²) in [6.07, 6.45) is 1.76. The molecule has 0 bridgehead atoms. The Hall–Kier alpha value is -3.39. The number of methoxy groups -OCH3 is 3. The molecular formula is C20H17N3O4S. The van der Waals surface area contributed by atoms with E-state index in [9.17, 15) is 4.79 Å². The van der Waals surface area contributed by atoms with Crippen molar-refractivity contribution in [2.24, 2.45) is 0 Å². The minimum Gasteiger partial charge on any atom is -0.497 e. The van der Waals surface area contributed by atoms with Gasteiger partial charge in [-0.3, -0.25) is 4.79 Å². The molecule has 0 unspecified atom stereocenters. The van der Waals surface area contributed by atoms with Gasteiger partial charge in [-0.2, -0.15) is 9.50 Å². The lowest BCUT2D eigenvalue weighted by molar-refractivity contribution is 0.354. The van der Waals surface area contributed by atoms with Gasteiger partial charge in [-0.1, -0.05) is 23.5 Å². The minimum atomic E-state index is -0.225. The van der Waals surface area contributed by atoms with E-state index in [0.717, 1.165) is 16.9 Å². The second-order valence-corrected chi connectivity index (χ2v) is 6.87. The van der Waals surface area contributed by atoms with Crippen LogP contribution in [0, 0.1) is 0 Å². The van der Waals surface area contributed by atoms with Gasteiger partial charge in [0.15, 0.2) is 17.3 Å². The van der Waals surface area contributed by atoms with Gasteiger partial charge in [-0.25, -0.2) is 0 Å². The SMILES string of the molecule is COc1ccc(-c2nc3sc(=Cc4cccc(OC)c4OC)c(=O)n3n2)cc1. The Morgan fingerprint density at radius 3 is 2.43 bits per heavy atom. The summed E-state index contributed by atoms with van der Waals surface area (Å²) in [5.74, 6) is 2.42. The molecule has 0 saturated heterocycles. The molecule has 2 heterocycles. The molecule has 0 atom stereocenters. The van der Waals surface area contributed by atoms with Crippen LogP contribution in [-0.4, -0.2) is 35.9 Å². The van der Waals surface area contributed by atoms with E-state index >= 15 is 0 Å². The molecule has 7 nitrogen and oxygen atoms in total. The molecular weight excluding hydrogens is 378 g/mol. The first-order valence-electron chi connectivity index (χ1n) is 8.41. The van der Waals surface area contributed by atoms with Crippen molar-refractivity contribution >= 4 is 22.4 Å². The average Bonchev–Trinajstić information content (AvgIpc) is 3.27. The van der Waals surface area contributed by atoms with Crippen LogP contribution < -0.4 is 24.3 Å². The Balaban J connectivity index is 1.78. The van der Waals surface area contributed by atoms with Crippen molar-refractivity contribution in [3.05, 3.63) is 62.9 Å². The summed E-state index contributed by atoms with van der Waals surface area (Å²) < 4.78 is 17.7. The predicted octanol–water partition coefficient (Wildman–Crippen LogP) is 2.39. The average molecular weight is 395 g/mol. The molecule has 28 heavy (non-hydrogen) atoms. The van der Waals surface area contributed by atoms with Crippen LogP contribution in [0.5, 0.6) is 17.2 Å². The van der Waals surface area contributed by atoms with E-state index in [1.54, 1.807) is 33.5 Å². The minimum absolute atomic E-state index is 0.225. The first-order chi connectivity index (χ1) is 13.6. The molecule has 0 fully saturated rings. The van der Waals surface area contributed by atoms with Crippen molar-refractivity contribution in [2.45, 2.75) is 0 Å². The largest absolute Gasteiger partial charge is 0.497 e. The van der Waals surface area contributed by atoms with Gasteiger partial charge in [0.2, 0.25) is 4.96 Å². The van der Waals surface area contributed by atoms with E-state index in [4.69, 9.17) is 14.2 Å². The molecule has 4 aromatic rings. The third kappa shape index (κ3) is 3.07. The van der Waals surface area contributed by atoms with E-state index in [1.165, 1.54) is 15.9 Å². The van der Waals surface area contributed by atoms with E-state index in [-0.39, 0.29) is 5.56 Å². The summed E-state index contributed by atoms with van der Waals surface area (Å²) in [7, 11) is 4.75. The van der Waals surface area contributed by atoms with Gasteiger partial charge in [0.25, 0.3) is 5.56 Å². The second kappa shape index (κ2) is 7.32. The first-order valence-corrected chi connectivity index (χ1v) is 9.23. The Kier molecular flexibility index (Phi) is 4.70. The van der Waals surface area contributed by atoms with E-state index in [0.29, 0.717) is 26.8 Å². The van der Waals surface area contributed by atoms with Crippen LogP contribution in [0.4, 0.5) is 0 Å². The highest BCUT2D eigenvalue weighted by atomic mass is 32.1. The van der Waals surface area contributed by atoms with E-state index in [2.05, 4.69) is 10.1 Å². The van der Waals surface area contributed by atoms with Gasteiger partial charge >= 0.3 is 0 Å². The maximum absolute atomic E-state index is 12.8. The number of para-hydroxylation sites is 1. The summed E-state index contributed by atoms with van der Waals surface area (Å²) in [6.45, 7) is 0. The van der Waals surface area contributed by atoms with Crippen LogP contribution in [0.3, 0.4) is 0 Å². The lowest BCUT2D eigenvalue weighted by Crippen LogP contribution is -2.23.